The maximum absolute atomic E-state index is 12.7. The van der Waals surface area contributed by atoms with Crippen molar-refractivity contribution in [1.82, 2.24) is 4.57 Å². The normalized spacial score (nSPS) is 17.1. The van der Waals surface area contributed by atoms with E-state index in [1.54, 1.807) is 6.07 Å². The largest absolute Gasteiger partial charge is 0.381 e. The van der Waals surface area contributed by atoms with Gasteiger partial charge >= 0.3 is 0 Å². The smallest absolute Gasteiger partial charge is 0.250 e. The number of para-hydroxylation sites is 1. The predicted octanol–water partition coefficient (Wildman–Crippen LogP) is 3.97. The summed E-state index contributed by atoms with van der Waals surface area (Å²) in [7, 11) is 0. The first-order valence-corrected chi connectivity index (χ1v) is 10.6. The molecule has 1 amide bonds. The number of hydrogen-bond donors (Lipinski definition) is 2. The van der Waals surface area contributed by atoms with Gasteiger partial charge in [-0.1, -0.05) is 24.3 Å². The first-order valence-electron chi connectivity index (χ1n) is 10.6. The van der Waals surface area contributed by atoms with E-state index in [2.05, 4.69) is 11.4 Å². The Kier molecular flexibility index (Phi) is 4.79. The first-order chi connectivity index (χ1) is 14.6. The molecule has 0 unspecified atom stereocenters. The molecule has 1 aromatic heterocycles. The minimum Gasteiger partial charge on any atom is -0.381 e. The van der Waals surface area contributed by atoms with Crippen molar-refractivity contribution < 1.29 is 14.3 Å². The van der Waals surface area contributed by atoms with Gasteiger partial charge in [-0.3, -0.25) is 14.2 Å². The van der Waals surface area contributed by atoms with Crippen molar-refractivity contribution in [3.8, 4) is 11.1 Å². The molecule has 3 heterocycles. The van der Waals surface area contributed by atoms with Gasteiger partial charge in [-0.05, 0) is 49.4 Å². The zero-order valence-electron chi connectivity index (χ0n) is 16.8. The number of nitrogens with two attached hydrogens (primary N) is 1. The Bertz CT molecular complexity index is 1140. The van der Waals surface area contributed by atoms with Gasteiger partial charge < -0.3 is 15.8 Å². The highest BCUT2D eigenvalue weighted by Gasteiger charge is 2.26. The highest BCUT2D eigenvalue weighted by molar-refractivity contribution is 6.06. The quantitative estimate of drug-likeness (QED) is 0.690. The minimum absolute atomic E-state index is 0.146. The lowest BCUT2D eigenvalue weighted by Crippen LogP contribution is -2.29. The summed E-state index contributed by atoms with van der Waals surface area (Å²) in [5, 5.41) is 4.58. The van der Waals surface area contributed by atoms with Gasteiger partial charge in [-0.15, -0.1) is 0 Å². The summed E-state index contributed by atoms with van der Waals surface area (Å²) in [6, 6.07) is 14.0. The topological polar surface area (TPSA) is 86.4 Å². The van der Waals surface area contributed by atoms with E-state index >= 15 is 0 Å². The number of fused-ring (bicyclic) bond motifs is 3. The second kappa shape index (κ2) is 7.61. The van der Waals surface area contributed by atoms with Crippen molar-refractivity contribution in [3.63, 3.8) is 0 Å². The van der Waals surface area contributed by atoms with E-state index in [1.165, 1.54) is 0 Å². The lowest BCUT2D eigenvalue weighted by molar-refractivity contribution is 0.0888. The molecule has 1 saturated heterocycles. The number of primary amides is 1. The van der Waals surface area contributed by atoms with Crippen LogP contribution in [0, 0.1) is 0 Å². The van der Waals surface area contributed by atoms with Gasteiger partial charge in [0.05, 0.1) is 11.1 Å². The Morgan fingerprint density at radius 1 is 1.10 bits per heavy atom. The zero-order chi connectivity index (χ0) is 20.7. The Morgan fingerprint density at radius 2 is 1.90 bits per heavy atom. The van der Waals surface area contributed by atoms with Gasteiger partial charge in [0.1, 0.15) is 0 Å². The fourth-order valence-corrected chi connectivity index (χ4v) is 4.75. The van der Waals surface area contributed by atoms with E-state index in [0.29, 0.717) is 25.2 Å². The third kappa shape index (κ3) is 3.17. The fraction of sp³-hybridized carbons (Fsp3) is 0.333. The molecule has 0 radical (unpaired) electrons. The van der Waals surface area contributed by atoms with Crippen LogP contribution in [0.2, 0.25) is 0 Å². The summed E-state index contributed by atoms with van der Waals surface area (Å²) in [6.45, 7) is 1.42. The lowest BCUT2D eigenvalue weighted by atomic mass is 9.96. The van der Waals surface area contributed by atoms with Crippen LogP contribution in [0.15, 0.2) is 42.5 Å². The summed E-state index contributed by atoms with van der Waals surface area (Å²) in [5.74, 6) is -0.303. The number of benzene rings is 2. The monoisotopic (exact) mass is 403 g/mol. The maximum Gasteiger partial charge on any atom is 0.250 e. The molecule has 3 N–H and O–H groups in total. The molecule has 0 saturated carbocycles. The SMILES string of the molecule is NC(=O)c1ccc(-c2c3n(c4ccccc24)C(=O)CCC3)cc1NC1CCOCC1. The number of nitrogens with zero attached hydrogens (tertiary/aromatic N) is 1. The predicted molar refractivity (Wildman–Crippen MR) is 117 cm³/mol. The molecule has 3 aromatic rings. The molecule has 6 nitrogen and oxygen atoms in total. The van der Waals surface area contributed by atoms with Gasteiger partial charge in [0, 0.05) is 48.0 Å². The summed E-state index contributed by atoms with van der Waals surface area (Å²) in [5.41, 5.74) is 11.0. The van der Waals surface area contributed by atoms with Gasteiger partial charge in [0.15, 0.2) is 0 Å². The first kappa shape index (κ1) is 18.9. The Hall–Kier alpha value is -3.12. The number of aromatic nitrogens is 1. The highest BCUT2D eigenvalue weighted by atomic mass is 16.5. The molecular formula is C24H25N3O3. The van der Waals surface area contributed by atoms with Crippen LogP contribution in [-0.2, 0) is 11.2 Å². The zero-order valence-corrected chi connectivity index (χ0v) is 16.8. The number of anilines is 1. The molecule has 30 heavy (non-hydrogen) atoms. The van der Waals surface area contributed by atoms with E-state index < -0.39 is 5.91 Å². The summed E-state index contributed by atoms with van der Waals surface area (Å²) in [6.07, 6.45) is 4.07. The van der Waals surface area contributed by atoms with Crippen molar-refractivity contribution in [3.05, 3.63) is 53.7 Å². The molecule has 0 spiro atoms. The standard InChI is InChI=1S/C24H25N3O3/c25-24(29)17-9-8-15(14-19(17)26-16-10-12-30-13-11-16)23-18-4-1-2-5-20(18)27-21(23)6-3-7-22(27)28/h1-2,4-5,8-9,14,16,26H,3,6-7,10-13H2,(H2,25,29). The molecular weight excluding hydrogens is 378 g/mol. The van der Waals surface area contributed by atoms with Crippen LogP contribution in [0.1, 0.15) is 46.5 Å². The Balaban J connectivity index is 1.66. The van der Waals surface area contributed by atoms with E-state index in [-0.39, 0.29) is 11.9 Å². The number of amides is 1. The van der Waals surface area contributed by atoms with Gasteiger partial charge in [0.2, 0.25) is 5.91 Å². The molecule has 2 aliphatic rings. The van der Waals surface area contributed by atoms with Crippen molar-refractivity contribution in [2.75, 3.05) is 18.5 Å². The van der Waals surface area contributed by atoms with Gasteiger partial charge in [-0.25, -0.2) is 0 Å². The molecule has 2 aliphatic heterocycles. The average molecular weight is 403 g/mol. The molecule has 6 heteroatoms. The third-order valence-corrected chi connectivity index (χ3v) is 6.18. The number of nitrogens with one attached hydrogen (secondary N) is 1. The van der Waals surface area contributed by atoms with Crippen molar-refractivity contribution in [2.45, 2.75) is 38.1 Å². The second-order valence-corrected chi connectivity index (χ2v) is 8.08. The molecule has 0 bridgehead atoms. The van der Waals surface area contributed by atoms with Crippen LogP contribution in [0.25, 0.3) is 22.0 Å². The highest BCUT2D eigenvalue weighted by Crippen LogP contribution is 2.39. The molecule has 5 rings (SSSR count). The van der Waals surface area contributed by atoms with Crippen molar-refractivity contribution in [1.29, 1.82) is 0 Å². The minimum atomic E-state index is -0.449. The molecule has 154 valence electrons. The molecule has 1 fully saturated rings. The number of carbonyl (C=O) groups is 2. The van der Waals surface area contributed by atoms with E-state index in [4.69, 9.17) is 10.5 Å². The summed E-state index contributed by atoms with van der Waals surface area (Å²) < 4.78 is 7.33. The second-order valence-electron chi connectivity index (χ2n) is 8.08. The van der Waals surface area contributed by atoms with Crippen LogP contribution >= 0.6 is 0 Å². The Morgan fingerprint density at radius 3 is 2.70 bits per heavy atom. The van der Waals surface area contributed by atoms with E-state index in [1.807, 2.05) is 34.9 Å². The number of carbonyl (C=O) groups excluding carboxylic acids is 2. The van der Waals surface area contributed by atoms with Gasteiger partial charge in [-0.2, -0.15) is 0 Å². The van der Waals surface area contributed by atoms with E-state index in [0.717, 1.165) is 59.1 Å². The fourth-order valence-electron chi connectivity index (χ4n) is 4.75. The van der Waals surface area contributed by atoms with E-state index in [9.17, 15) is 9.59 Å². The number of ether oxygens (including phenoxy) is 1. The number of rotatable bonds is 4. The number of hydrogen-bond acceptors (Lipinski definition) is 4. The molecule has 0 aliphatic carbocycles. The maximum atomic E-state index is 12.7. The lowest BCUT2D eigenvalue weighted by Gasteiger charge is -2.25. The van der Waals surface area contributed by atoms with Crippen LogP contribution in [0.5, 0.6) is 0 Å². The van der Waals surface area contributed by atoms with Gasteiger partial charge in [0.25, 0.3) is 5.91 Å². The third-order valence-electron chi connectivity index (χ3n) is 6.18. The van der Waals surface area contributed by atoms with Crippen LogP contribution in [-0.4, -0.2) is 35.6 Å². The molecule has 2 aromatic carbocycles. The van der Waals surface area contributed by atoms with Crippen molar-refractivity contribution >= 4 is 28.4 Å². The molecule has 0 atom stereocenters. The summed E-state index contributed by atoms with van der Waals surface area (Å²) in [4.78, 5) is 24.8. The van der Waals surface area contributed by atoms with Crippen molar-refractivity contribution in [2.24, 2.45) is 5.73 Å². The van der Waals surface area contributed by atoms with Crippen LogP contribution in [0.3, 0.4) is 0 Å². The average Bonchev–Trinajstić information content (AvgIpc) is 3.10. The van der Waals surface area contributed by atoms with Crippen LogP contribution in [0.4, 0.5) is 5.69 Å². The van der Waals surface area contributed by atoms with Crippen LogP contribution < -0.4 is 11.1 Å². The Labute approximate surface area is 175 Å². The summed E-state index contributed by atoms with van der Waals surface area (Å²) >= 11 is 0.